The summed E-state index contributed by atoms with van der Waals surface area (Å²) in [4.78, 5) is 124. The molecule has 0 aliphatic carbocycles. The van der Waals surface area contributed by atoms with Crippen molar-refractivity contribution in [3.8, 4) is 0 Å². The number of aliphatic carboxylic acids is 4. The molecule has 26 heteroatoms. The average molecular weight is 1060 g/mol. The van der Waals surface area contributed by atoms with Crippen LogP contribution in [0.2, 0.25) is 0 Å². The van der Waals surface area contributed by atoms with Gasteiger partial charge in [-0.05, 0) is 55.0 Å². The molecule has 9 N–H and O–H groups in total. The van der Waals surface area contributed by atoms with Crippen LogP contribution in [0.15, 0.2) is 70.7 Å². The number of nitrogens with zero attached hydrogens (tertiary/aromatic N) is 2. The van der Waals surface area contributed by atoms with Gasteiger partial charge in [0.05, 0.1) is 28.9 Å². The smallest absolute Gasteiger partial charge is 0.430 e. The lowest BCUT2D eigenvalue weighted by molar-refractivity contribution is -0.671. The van der Waals surface area contributed by atoms with Gasteiger partial charge in [0.25, 0.3) is 0 Å². The Morgan fingerprint density at radius 2 is 1.30 bits per heavy atom. The number of benzene rings is 2. The number of unbranched alkanes of at least 4 members (excludes halogenated alkanes) is 2. The van der Waals surface area contributed by atoms with Crippen molar-refractivity contribution in [3.05, 3.63) is 71.4 Å². The number of hydrogen-bond acceptors (Lipinski definition) is 13. The molecule has 1 aliphatic rings. The average Bonchev–Trinajstić information content (AvgIpc) is 3.63. The summed E-state index contributed by atoms with van der Waals surface area (Å²) in [6.07, 6.45) is -1.20. The number of carboxylic acid groups (broad SMARTS) is 4. The van der Waals surface area contributed by atoms with Gasteiger partial charge >= 0.3 is 24.1 Å². The molecular formula is C48H59F3N8O14S. The van der Waals surface area contributed by atoms with Gasteiger partial charge in [0.2, 0.25) is 41.0 Å². The number of pyridine rings is 1. The third kappa shape index (κ3) is 20.0. The van der Waals surface area contributed by atoms with Crippen molar-refractivity contribution < 1.29 is 86.1 Å². The molecule has 2 heterocycles. The molecule has 0 radical (unpaired) electrons. The fraction of sp³-hybridized carbons (Fsp3) is 0.438. The number of hydrogen-bond donors (Lipinski definition) is 9. The predicted molar refractivity (Wildman–Crippen MR) is 258 cm³/mol. The number of halogens is 3. The van der Waals surface area contributed by atoms with Gasteiger partial charge in [-0.2, -0.15) is 17.7 Å². The molecule has 22 nitrogen and oxygen atoms in total. The number of aromatic nitrogens is 1. The quantitative estimate of drug-likeness (QED) is 0.0403. The largest absolute Gasteiger partial charge is 0.542 e. The molecule has 0 unspecified atom stereocenters. The fourth-order valence-corrected chi connectivity index (χ4v) is 8.33. The number of carbonyl (C=O) groups is 10. The molecule has 4 atom stereocenters. The zero-order chi connectivity index (χ0) is 55.3. The van der Waals surface area contributed by atoms with Crippen molar-refractivity contribution in [3.63, 3.8) is 0 Å². The highest BCUT2D eigenvalue weighted by atomic mass is 32.2. The van der Waals surface area contributed by atoms with E-state index < -0.39 is 115 Å². The van der Waals surface area contributed by atoms with E-state index >= 15 is 0 Å². The van der Waals surface area contributed by atoms with E-state index in [9.17, 15) is 71.6 Å². The molecule has 2 aromatic carbocycles. The van der Waals surface area contributed by atoms with Crippen LogP contribution in [0.1, 0.15) is 77.7 Å². The van der Waals surface area contributed by atoms with Crippen LogP contribution in [0.25, 0.3) is 17.0 Å². The highest BCUT2D eigenvalue weighted by molar-refractivity contribution is 8.03. The number of carbonyl (C=O) groups excluding carboxylic acids is 7. The summed E-state index contributed by atoms with van der Waals surface area (Å²) in [7, 11) is 2.07. The Labute approximate surface area is 426 Å². The van der Waals surface area contributed by atoms with Gasteiger partial charge in [0.15, 0.2) is 6.20 Å². The zero-order valence-corrected chi connectivity index (χ0v) is 41.6. The Hall–Kier alpha value is -7.77. The number of amides is 6. The number of carboxylic acids is 4. The second kappa shape index (κ2) is 29.1. The maximum atomic E-state index is 13.4. The summed E-state index contributed by atoms with van der Waals surface area (Å²) < 4.78 is 33.8. The lowest BCUT2D eigenvalue weighted by Crippen LogP contribution is -2.59. The molecule has 4 rings (SSSR count). The van der Waals surface area contributed by atoms with Gasteiger partial charge in [0, 0.05) is 63.4 Å². The standard InChI is InChI=1S/C46H58N8O12S.C2HF3O2/c1-27(2)42(52-44(64)31(17-18-39(57)58)50-45(65)33(26-41(61)62)49-28(3)55)46(66)51-32(25-40(59)60)43(63)48-21-20-47-37(56)16-6-5-11-22-54-23-19-29(30-12-7-8-13-34(30)54)24-38-53(4)35-14-9-10-15-36(35)67-38;3-2(4,5)1(6)7/h7-10,12-15,19,23-24,27,31-33,42H,5-6,11,16-18,20-22,25-26H2,1-4H3,(H8-,47,48,49,50,51,52,55,56,57,58,59,60,61,62,63,64,65,66);(H,6,7)/t31-,32-,33-,42-;/m0./s1. The van der Waals surface area contributed by atoms with Crippen molar-refractivity contribution in [2.75, 3.05) is 25.0 Å². The first kappa shape index (κ1) is 60.5. The maximum Gasteiger partial charge on any atom is 0.430 e. The molecule has 1 aromatic heterocycles. The van der Waals surface area contributed by atoms with E-state index in [-0.39, 0.29) is 25.4 Å². The molecule has 3 aromatic rings. The van der Waals surface area contributed by atoms with Crippen LogP contribution < -0.4 is 46.5 Å². The monoisotopic (exact) mass is 1060 g/mol. The summed E-state index contributed by atoms with van der Waals surface area (Å²) >= 11 is 1.74. The van der Waals surface area contributed by atoms with Crippen LogP contribution in [0, 0.1) is 5.92 Å². The molecule has 0 fully saturated rings. The number of para-hydroxylation sites is 2. The Morgan fingerprint density at radius 1 is 0.716 bits per heavy atom. The second-order valence-corrected chi connectivity index (χ2v) is 18.1. The Kier molecular flexibility index (Phi) is 23.8. The maximum absolute atomic E-state index is 13.4. The molecule has 0 spiro atoms. The van der Waals surface area contributed by atoms with E-state index in [0.29, 0.717) is 6.42 Å². The van der Waals surface area contributed by atoms with Crippen LogP contribution in [0.3, 0.4) is 0 Å². The molecule has 1 aliphatic heterocycles. The molecule has 0 bridgehead atoms. The van der Waals surface area contributed by atoms with Gasteiger partial charge in [-0.25, -0.2) is 0 Å². The first-order valence-corrected chi connectivity index (χ1v) is 23.9. The Bertz CT molecular complexity index is 2560. The topological polar surface area (TPSA) is 334 Å². The number of aryl methyl sites for hydroxylation is 1. The third-order valence-corrected chi connectivity index (χ3v) is 12.1. The molecule has 6 amide bonds. The number of fused-ring (bicyclic) bond motifs is 2. The van der Waals surface area contributed by atoms with Crippen LogP contribution in [-0.4, -0.2) is 125 Å². The zero-order valence-electron chi connectivity index (χ0n) is 40.8. The Balaban J connectivity index is 0.00000192. The van der Waals surface area contributed by atoms with E-state index in [0.717, 1.165) is 47.8 Å². The fourth-order valence-electron chi connectivity index (χ4n) is 7.23. The first-order chi connectivity index (χ1) is 34.8. The summed E-state index contributed by atoms with van der Waals surface area (Å²) in [6, 6.07) is 12.4. The second-order valence-electron chi connectivity index (χ2n) is 17.1. The minimum atomic E-state index is -5.19. The highest BCUT2D eigenvalue weighted by Gasteiger charge is 2.34. The number of anilines is 1. The molecular weight excluding hydrogens is 1000 g/mol. The van der Waals surface area contributed by atoms with E-state index in [2.05, 4.69) is 91.0 Å². The summed E-state index contributed by atoms with van der Waals surface area (Å²) in [5, 5.41) is 53.3. The van der Waals surface area contributed by atoms with Gasteiger partial charge in [-0.15, -0.1) is 0 Å². The van der Waals surface area contributed by atoms with E-state index in [1.807, 2.05) is 24.3 Å². The van der Waals surface area contributed by atoms with Gasteiger partial charge in [-0.3, -0.25) is 43.2 Å². The van der Waals surface area contributed by atoms with Crippen LogP contribution in [0.5, 0.6) is 0 Å². The van der Waals surface area contributed by atoms with E-state index in [1.54, 1.807) is 11.8 Å². The molecule has 0 saturated carbocycles. The van der Waals surface area contributed by atoms with Gasteiger partial charge < -0.3 is 62.0 Å². The van der Waals surface area contributed by atoms with Crippen LogP contribution in [0.4, 0.5) is 18.9 Å². The van der Waals surface area contributed by atoms with Crippen molar-refractivity contribution in [1.82, 2.24) is 31.9 Å². The SMILES string of the molecule is CC(=O)N[C@@H](CC(=O)O)C(=O)N[C@@H](CCC(=O)O)C(=O)N[C@H](C(=O)N[C@@H](CC(=O)O)C(=O)NCCNC(=O)CCCCC[n+]1ccc(C=C2Sc3ccccc3N2C)c2ccccc21)C(C)C.O=C([O-])C(F)(F)F. The number of alkyl halides is 3. The summed E-state index contributed by atoms with van der Waals surface area (Å²) in [6.45, 7) is 4.77. The Morgan fingerprint density at radius 3 is 1.89 bits per heavy atom. The van der Waals surface area contributed by atoms with E-state index in [1.165, 1.54) is 24.4 Å². The van der Waals surface area contributed by atoms with Crippen molar-refractivity contribution in [2.45, 2.75) is 114 Å². The minimum absolute atomic E-state index is 0.0203. The van der Waals surface area contributed by atoms with Gasteiger partial charge in [0.1, 0.15) is 36.7 Å². The summed E-state index contributed by atoms with van der Waals surface area (Å²) in [5.74, 6) is -12.9. The summed E-state index contributed by atoms with van der Waals surface area (Å²) in [5.41, 5.74) is 3.41. The molecule has 74 heavy (non-hydrogen) atoms. The first-order valence-electron chi connectivity index (χ1n) is 23.1. The molecule has 0 saturated heterocycles. The number of nitrogens with one attached hydrogen (secondary N) is 6. The highest BCUT2D eigenvalue weighted by Crippen LogP contribution is 2.45. The van der Waals surface area contributed by atoms with Crippen molar-refractivity contribution >= 4 is 93.7 Å². The van der Waals surface area contributed by atoms with E-state index in [4.69, 9.17) is 9.90 Å². The third-order valence-electron chi connectivity index (χ3n) is 10.9. The minimum Gasteiger partial charge on any atom is -0.542 e. The lowest BCUT2D eigenvalue weighted by Gasteiger charge is -2.27. The number of thioether (sulfide) groups is 1. The van der Waals surface area contributed by atoms with Crippen molar-refractivity contribution in [2.24, 2.45) is 5.92 Å². The van der Waals surface area contributed by atoms with Crippen LogP contribution in [-0.2, 0) is 54.5 Å². The van der Waals surface area contributed by atoms with Crippen molar-refractivity contribution in [1.29, 1.82) is 0 Å². The van der Waals surface area contributed by atoms with Gasteiger partial charge in [-0.1, -0.05) is 49.9 Å². The number of rotatable bonds is 26. The normalized spacial score (nSPS) is 14.0. The van der Waals surface area contributed by atoms with Crippen LogP contribution >= 0.6 is 11.8 Å². The predicted octanol–water partition coefficient (Wildman–Crippen LogP) is 1.19. The lowest BCUT2D eigenvalue weighted by atomic mass is 10.0. The molecule has 402 valence electrons.